The van der Waals surface area contributed by atoms with Crippen molar-refractivity contribution in [2.75, 3.05) is 0 Å². The van der Waals surface area contributed by atoms with Crippen LogP contribution in [-0.4, -0.2) is 5.11 Å². The van der Waals surface area contributed by atoms with Gasteiger partial charge in [-0.3, -0.25) is 0 Å². The minimum absolute atomic E-state index is 0.121. The van der Waals surface area contributed by atoms with Gasteiger partial charge in [-0.2, -0.15) is 0 Å². The lowest BCUT2D eigenvalue weighted by Crippen LogP contribution is -2.22. The number of hydrogen-bond acceptors (Lipinski definition) is 1. The second-order valence-corrected chi connectivity index (χ2v) is 9.53. The van der Waals surface area contributed by atoms with Gasteiger partial charge in [-0.05, 0) is 29.9 Å². The summed E-state index contributed by atoms with van der Waals surface area (Å²) in [6, 6.07) is 8.07. The quantitative estimate of drug-likeness (QED) is 0.228. The fraction of sp³-hybridized carbons (Fsp3) is 0.786. The molecule has 0 aliphatic carbocycles. The van der Waals surface area contributed by atoms with Crippen molar-refractivity contribution in [2.24, 2.45) is 0 Å². The van der Waals surface area contributed by atoms with Crippen LogP contribution in [0, 0.1) is 0 Å². The first-order valence-corrected chi connectivity index (χ1v) is 12.9. The molecule has 0 aliphatic rings. The summed E-state index contributed by atoms with van der Waals surface area (Å²) in [5.74, 6) is 0.495. The molecule has 0 radical (unpaired) electrons. The summed E-state index contributed by atoms with van der Waals surface area (Å²) in [6.07, 6.45) is 24.3. The molecule has 0 aromatic heterocycles. The Balaban J connectivity index is 2.40. The van der Waals surface area contributed by atoms with Gasteiger partial charge in [-0.25, -0.2) is 0 Å². The van der Waals surface area contributed by atoms with Crippen LogP contribution in [0.4, 0.5) is 0 Å². The summed E-state index contributed by atoms with van der Waals surface area (Å²) in [6.45, 7) is 6.96. The van der Waals surface area contributed by atoms with E-state index < -0.39 is 0 Å². The predicted molar refractivity (Wildman–Crippen MR) is 130 cm³/mol. The molecule has 0 unspecified atom stereocenters. The van der Waals surface area contributed by atoms with E-state index in [1.54, 1.807) is 0 Å². The molecule has 0 amide bonds. The van der Waals surface area contributed by atoms with Crippen molar-refractivity contribution in [2.45, 2.75) is 142 Å². The third-order valence-corrected chi connectivity index (χ3v) is 6.72. The number of para-hydroxylation sites is 1. The first kappa shape index (κ1) is 26.1. The molecule has 0 atom stereocenters. The normalized spacial score (nSPS) is 11.8. The number of aromatic hydroxyl groups is 1. The molecule has 1 nitrogen and oxygen atoms in total. The van der Waals surface area contributed by atoms with Crippen LogP contribution in [0.15, 0.2) is 24.3 Å². The zero-order valence-corrected chi connectivity index (χ0v) is 20.0. The fourth-order valence-electron chi connectivity index (χ4n) is 4.68. The highest BCUT2D eigenvalue weighted by molar-refractivity contribution is 5.38. The third kappa shape index (κ3) is 11.7. The molecule has 0 aliphatic heterocycles. The van der Waals surface area contributed by atoms with Gasteiger partial charge >= 0.3 is 0 Å². The van der Waals surface area contributed by atoms with Crippen molar-refractivity contribution in [1.29, 1.82) is 0 Å². The van der Waals surface area contributed by atoms with Crippen molar-refractivity contribution in [3.8, 4) is 5.75 Å². The van der Waals surface area contributed by atoms with E-state index in [1.165, 1.54) is 121 Å². The summed E-state index contributed by atoms with van der Waals surface area (Å²) in [5.41, 5.74) is 1.29. The van der Waals surface area contributed by atoms with Crippen LogP contribution in [0.1, 0.15) is 142 Å². The number of benzene rings is 1. The van der Waals surface area contributed by atoms with Gasteiger partial charge in [0.15, 0.2) is 0 Å². The Kier molecular flexibility index (Phi) is 15.1. The Morgan fingerprint density at radius 3 is 1.38 bits per heavy atom. The molecule has 168 valence electrons. The fourth-order valence-corrected chi connectivity index (χ4v) is 4.68. The van der Waals surface area contributed by atoms with Gasteiger partial charge in [-0.15, -0.1) is 0 Å². The van der Waals surface area contributed by atoms with Crippen LogP contribution in [-0.2, 0) is 5.41 Å². The smallest absolute Gasteiger partial charge is 0.119 e. The molecule has 1 aromatic carbocycles. The average molecular weight is 403 g/mol. The summed E-state index contributed by atoms with van der Waals surface area (Å²) in [5, 5.41) is 10.5. The zero-order chi connectivity index (χ0) is 21.2. The molecule has 29 heavy (non-hydrogen) atoms. The van der Waals surface area contributed by atoms with E-state index in [1.807, 2.05) is 12.1 Å². The van der Waals surface area contributed by atoms with Gasteiger partial charge < -0.3 is 5.11 Å². The van der Waals surface area contributed by atoms with E-state index in [0.717, 1.165) is 0 Å². The first-order chi connectivity index (χ1) is 14.1. The number of unbranched alkanes of at least 4 members (excludes halogenated alkanes) is 14. The molecule has 0 spiro atoms. The van der Waals surface area contributed by atoms with Crippen LogP contribution >= 0.6 is 0 Å². The largest absolute Gasteiger partial charge is 0.508 e. The highest BCUT2D eigenvalue weighted by atomic mass is 16.3. The van der Waals surface area contributed by atoms with Crippen molar-refractivity contribution in [1.82, 2.24) is 0 Å². The van der Waals surface area contributed by atoms with Crippen molar-refractivity contribution in [3.05, 3.63) is 29.8 Å². The van der Waals surface area contributed by atoms with Crippen LogP contribution in [0.2, 0.25) is 0 Å². The molecular formula is C28H50O. The van der Waals surface area contributed by atoms with Gasteiger partial charge in [0.1, 0.15) is 5.75 Å². The number of phenolic OH excluding ortho intramolecular Hbond substituents is 1. The molecule has 1 N–H and O–H groups in total. The van der Waals surface area contributed by atoms with E-state index in [4.69, 9.17) is 0 Å². The van der Waals surface area contributed by atoms with Gasteiger partial charge in [0.05, 0.1) is 0 Å². The third-order valence-electron chi connectivity index (χ3n) is 6.72. The van der Waals surface area contributed by atoms with Gasteiger partial charge in [0.25, 0.3) is 0 Å². The van der Waals surface area contributed by atoms with E-state index in [9.17, 15) is 5.11 Å². The molecular weight excluding hydrogens is 352 g/mol. The molecule has 0 bridgehead atoms. The maximum Gasteiger partial charge on any atom is 0.119 e. The highest BCUT2D eigenvalue weighted by Gasteiger charge is 2.28. The molecule has 0 saturated heterocycles. The van der Waals surface area contributed by atoms with Gasteiger partial charge in [0.2, 0.25) is 0 Å². The van der Waals surface area contributed by atoms with E-state index in [0.29, 0.717) is 5.75 Å². The zero-order valence-electron chi connectivity index (χ0n) is 20.0. The molecule has 0 saturated carbocycles. The highest BCUT2D eigenvalue weighted by Crippen LogP contribution is 2.39. The minimum Gasteiger partial charge on any atom is -0.508 e. The predicted octanol–water partition coefficient (Wildman–Crippen LogP) is 9.71. The SMILES string of the molecule is CCCCCCCCCCC(C)(CCCCCCCCCC)c1ccccc1O. The second kappa shape index (κ2) is 16.8. The maximum atomic E-state index is 10.5. The van der Waals surface area contributed by atoms with Gasteiger partial charge in [-0.1, -0.05) is 142 Å². The Morgan fingerprint density at radius 2 is 0.966 bits per heavy atom. The summed E-state index contributed by atoms with van der Waals surface area (Å²) in [7, 11) is 0. The maximum absolute atomic E-state index is 10.5. The van der Waals surface area contributed by atoms with Crippen molar-refractivity contribution < 1.29 is 5.11 Å². The van der Waals surface area contributed by atoms with Crippen molar-refractivity contribution >= 4 is 0 Å². The standard InChI is InChI=1S/C28H50O/c1-4-6-8-10-12-14-16-20-24-28(3,26-22-18-19-23-27(26)29)25-21-17-15-13-11-9-7-5-2/h18-19,22-23,29H,4-17,20-21,24-25H2,1-3H3. The molecule has 1 heteroatoms. The molecule has 0 heterocycles. The van der Waals surface area contributed by atoms with Crippen LogP contribution in [0.25, 0.3) is 0 Å². The van der Waals surface area contributed by atoms with Crippen LogP contribution < -0.4 is 0 Å². The Hall–Kier alpha value is -0.980. The Morgan fingerprint density at radius 1 is 0.586 bits per heavy atom. The van der Waals surface area contributed by atoms with Crippen LogP contribution in [0.3, 0.4) is 0 Å². The average Bonchev–Trinajstić information content (AvgIpc) is 2.72. The second-order valence-electron chi connectivity index (χ2n) is 9.53. The summed E-state index contributed by atoms with van der Waals surface area (Å²) < 4.78 is 0. The lowest BCUT2D eigenvalue weighted by atomic mass is 9.73. The van der Waals surface area contributed by atoms with Crippen LogP contribution in [0.5, 0.6) is 5.75 Å². The molecule has 1 aromatic rings. The van der Waals surface area contributed by atoms with E-state index in [2.05, 4.69) is 32.9 Å². The topological polar surface area (TPSA) is 20.2 Å². The summed E-state index contributed by atoms with van der Waals surface area (Å²) in [4.78, 5) is 0. The Labute approximate surface area is 182 Å². The lowest BCUT2D eigenvalue weighted by molar-refractivity contribution is 0.345. The first-order valence-electron chi connectivity index (χ1n) is 12.9. The lowest BCUT2D eigenvalue weighted by Gasteiger charge is -2.31. The van der Waals surface area contributed by atoms with Crippen molar-refractivity contribution in [3.63, 3.8) is 0 Å². The number of rotatable bonds is 19. The molecule has 0 fully saturated rings. The van der Waals surface area contributed by atoms with E-state index in [-0.39, 0.29) is 5.41 Å². The number of phenols is 1. The number of hydrogen-bond donors (Lipinski definition) is 1. The summed E-state index contributed by atoms with van der Waals surface area (Å²) >= 11 is 0. The van der Waals surface area contributed by atoms with E-state index >= 15 is 0 Å². The monoisotopic (exact) mass is 402 g/mol. The Bertz CT molecular complexity index is 473. The minimum atomic E-state index is 0.121. The van der Waals surface area contributed by atoms with Gasteiger partial charge in [0, 0.05) is 0 Å². The molecule has 1 rings (SSSR count).